The van der Waals surface area contributed by atoms with Gasteiger partial charge in [0.25, 0.3) is 0 Å². The number of hydrogen-bond acceptors (Lipinski definition) is 3. The SMILES string of the molecule is CCCCCCc1ccc(-c2ccc3c(c2)oc2c4ccc(-c5ccc(C)s5)cc4n(C)c32)s1. The molecule has 0 saturated carbocycles. The fraction of sp³-hybridized carbons (Fsp3) is 0.267. The van der Waals surface area contributed by atoms with Crippen molar-refractivity contribution in [1.82, 2.24) is 4.57 Å². The number of aromatic nitrogens is 1. The summed E-state index contributed by atoms with van der Waals surface area (Å²) in [4.78, 5) is 5.46. The first-order valence-corrected chi connectivity index (χ1v) is 13.9. The van der Waals surface area contributed by atoms with E-state index in [1.165, 1.54) is 84.5 Å². The molecular formula is C30H29NOS2. The number of unbranched alkanes of at least 4 members (excludes halogenated alkanes) is 3. The maximum atomic E-state index is 6.48. The lowest BCUT2D eigenvalue weighted by Crippen LogP contribution is -1.87. The number of benzene rings is 2. The minimum Gasteiger partial charge on any atom is -0.454 e. The molecule has 4 heteroatoms. The van der Waals surface area contributed by atoms with Crippen molar-refractivity contribution in [1.29, 1.82) is 0 Å². The molecule has 0 bridgehead atoms. The summed E-state index contributed by atoms with van der Waals surface area (Å²) in [5.41, 5.74) is 6.87. The Morgan fingerprint density at radius 2 is 1.56 bits per heavy atom. The predicted octanol–water partition coefficient (Wildman–Crippen LogP) is 9.97. The molecule has 34 heavy (non-hydrogen) atoms. The summed E-state index contributed by atoms with van der Waals surface area (Å²) >= 11 is 3.76. The molecule has 0 saturated heterocycles. The van der Waals surface area contributed by atoms with Crippen molar-refractivity contribution in [3.63, 3.8) is 0 Å². The summed E-state index contributed by atoms with van der Waals surface area (Å²) in [5, 5.41) is 2.36. The van der Waals surface area contributed by atoms with Crippen LogP contribution in [0.2, 0.25) is 0 Å². The van der Waals surface area contributed by atoms with E-state index in [2.05, 4.69) is 86.1 Å². The molecule has 172 valence electrons. The van der Waals surface area contributed by atoms with Crippen LogP contribution in [-0.2, 0) is 13.5 Å². The van der Waals surface area contributed by atoms with E-state index in [4.69, 9.17) is 4.42 Å². The van der Waals surface area contributed by atoms with Crippen LogP contribution in [0.4, 0.5) is 0 Å². The van der Waals surface area contributed by atoms with Gasteiger partial charge in [0, 0.05) is 37.3 Å². The zero-order valence-electron chi connectivity index (χ0n) is 20.0. The smallest absolute Gasteiger partial charge is 0.161 e. The monoisotopic (exact) mass is 483 g/mol. The summed E-state index contributed by atoms with van der Waals surface area (Å²) in [6.45, 7) is 4.43. The third-order valence-corrected chi connectivity index (χ3v) is 9.09. The van der Waals surface area contributed by atoms with Crippen molar-refractivity contribution in [2.24, 2.45) is 7.05 Å². The van der Waals surface area contributed by atoms with Crippen LogP contribution < -0.4 is 0 Å². The Labute approximate surface area is 208 Å². The summed E-state index contributed by atoms with van der Waals surface area (Å²) in [5.74, 6) is 0. The van der Waals surface area contributed by atoms with Crippen LogP contribution >= 0.6 is 22.7 Å². The second kappa shape index (κ2) is 8.75. The Kier molecular flexibility index (Phi) is 5.59. The lowest BCUT2D eigenvalue weighted by molar-refractivity contribution is 0.670. The van der Waals surface area contributed by atoms with E-state index in [1.54, 1.807) is 0 Å². The van der Waals surface area contributed by atoms with Gasteiger partial charge in [0.2, 0.25) is 0 Å². The molecule has 0 fully saturated rings. The topological polar surface area (TPSA) is 18.1 Å². The highest BCUT2D eigenvalue weighted by molar-refractivity contribution is 7.15. The molecule has 2 nitrogen and oxygen atoms in total. The van der Waals surface area contributed by atoms with Crippen molar-refractivity contribution in [3.05, 3.63) is 70.4 Å². The highest BCUT2D eigenvalue weighted by atomic mass is 32.1. The Bertz CT molecular complexity index is 1620. The first-order valence-electron chi connectivity index (χ1n) is 12.2. The standard InChI is InChI=1S/C30H29NOS2/c1-4-5-6-7-8-22-12-16-28(34-22)21-11-14-24-26(18-21)32-30-23-13-10-20(27-15-9-19(2)33-27)17-25(23)31(3)29(24)30/h9-18H,4-8H2,1-3H3. The van der Waals surface area contributed by atoms with Gasteiger partial charge in [0.1, 0.15) is 5.58 Å². The minimum atomic E-state index is 0.968. The third kappa shape index (κ3) is 3.70. The Morgan fingerprint density at radius 3 is 2.35 bits per heavy atom. The molecule has 0 spiro atoms. The van der Waals surface area contributed by atoms with Crippen LogP contribution in [0, 0.1) is 6.92 Å². The van der Waals surface area contributed by atoms with E-state index in [0.717, 1.165) is 11.2 Å². The Balaban J connectivity index is 1.37. The predicted molar refractivity (Wildman–Crippen MR) is 149 cm³/mol. The van der Waals surface area contributed by atoms with Gasteiger partial charge in [0.15, 0.2) is 5.58 Å². The zero-order chi connectivity index (χ0) is 23.2. The lowest BCUT2D eigenvalue weighted by Gasteiger charge is -2.03. The molecule has 0 unspecified atom stereocenters. The third-order valence-electron chi connectivity index (χ3n) is 6.85. The Hall–Kier alpha value is -2.82. The van der Waals surface area contributed by atoms with Gasteiger partial charge >= 0.3 is 0 Å². The normalized spacial score (nSPS) is 12.0. The quantitative estimate of drug-likeness (QED) is 0.207. The highest BCUT2D eigenvalue weighted by Gasteiger charge is 2.18. The summed E-state index contributed by atoms with van der Waals surface area (Å²) in [6.07, 6.45) is 6.44. The van der Waals surface area contributed by atoms with Crippen LogP contribution in [0.15, 0.2) is 65.1 Å². The van der Waals surface area contributed by atoms with Gasteiger partial charge in [-0.05, 0) is 79.4 Å². The van der Waals surface area contributed by atoms with Gasteiger partial charge in [-0.3, -0.25) is 0 Å². The van der Waals surface area contributed by atoms with E-state index in [0.29, 0.717) is 0 Å². The molecule has 0 amide bonds. The van der Waals surface area contributed by atoms with Crippen LogP contribution in [-0.4, -0.2) is 4.57 Å². The van der Waals surface area contributed by atoms with Crippen LogP contribution in [0.1, 0.15) is 42.4 Å². The van der Waals surface area contributed by atoms with Crippen molar-refractivity contribution in [2.45, 2.75) is 46.0 Å². The van der Waals surface area contributed by atoms with Gasteiger partial charge in [-0.2, -0.15) is 0 Å². The van der Waals surface area contributed by atoms with E-state index in [1.807, 2.05) is 22.7 Å². The van der Waals surface area contributed by atoms with Crippen LogP contribution in [0.3, 0.4) is 0 Å². The number of fused-ring (bicyclic) bond motifs is 5. The van der Waals surface area contributed by atoms with Crippen molar-refractivity contribution in [3.8, 4) is 20.9 Å². The molecule has 6 rings (SSSR count). The number of thiophene rings is 2. The van der Waals surface area contributed by atoms with Gasteiger partial charge in [-0.1, -0.05) is 38.3 Å². The van der Waals surface area contributed by atoms with E-state index in [9.17, 15) is 0 Å². The number of aryl methyl sites for hydroxylation is 3. The van der Waals surface area contributed by atoms with Crippen molar-refractivity contribution < 1.29 is 4.42 Å². The van der Waals surface area contributed by atoms with Crippen molar-refractivity contribution in [2.75, 3.05) is 0 Å². The number of rotatable bonds is 7. The minimum absolute atomic E-state index is 0.968. The maximum Gasteiger partial charge on any atom is 0.161 e. The molecule has 0 N–H and O–H groups in total. The fourth-order valence-corrected chi connectivity index (χ4v) is 6.92. The van der Waals surface area contributed by atoms with Crippen molar-refractivity contribution >= 4 is 55.6 Å². The molecule has 2 aromatic carbocycles. The largest absolute Gasteiger partial charge is 0.454 e. The van der Waals surface area contributed by atoms with E-state index >= 15 is 0 Å². The van der Waals surface area contributed by atoms with Gasteiger partial charge < -0.3 is 8.98 Å². The summed E-state index contributed by atoms with van der Waals surface area (Å²) in [7, 11) is 2.15. The molecule has 0 aliphatic carbocycles. The molecule has 6 aromatic rings. The number of hydrogen-bond donors (Lipinski definition) is 0. The first-order chi connectivity index (χ1) is 16.6. The summed E-state index contributed by atoms with van der Waals surface area (Å²) in [6, 6.07) is 22.4. The van der Waals surface area contributed by atoms with Crippen LogP contribution in [0.25, 0.3) is 53.9 Å². The van der Waals surface area contributed by atoms with Crippen LogP contribution in [0.5, 0.6) is 0 Å². The molecule has 0 aliphatic rings. The number of furan rings is 1. The number of nitrogens with zero attached hydrogens (tertiary/aromatic N) is 1. The second-order valence-corrected chi connectivity index (χ2v) is 11.7. The second-order valence-electron chi connectivity index (χ2n) is 9.27. The maximum absolute atomic E-state index is 6.48. The average molecular weight is 484 g/mol. The molecule has 0 radical (unpaired) electrons. The van der Waals surface area contributed by atoms with E-state index in [-0.39, 0.29) is 0 Å². The van der Waals surface area contributed by atoms with Gasteiger partial charge in [0.05, 0.1) is 11.0 Å². The average Bonchev–Trinajstić information content (AvgIpc) is 3.62. The molecule has 4 aromatic heterocycles. The Morgan fingerprint density at radius 1 is 0.794 bits per heavy atom. The molecule has 4 heterocycles. The molecule has 0 atom stereocenters. The van der Waals surface area contributed by atoms with Gasteiger partial charge in [-0.25, -0.2) is 0 Å². The van der Waals surface area contributed by atoms with Gasteiger partial charge in [-0.15, -0.1) is 22.7 Å². The highest BCUT2D eigenvalue weighted by Crippen LogP contribution is 2.40. The zero-order valence-corrected chi connectivity index (χ0v) is 21.6. The fourth-order valence-electron chi connectivity index (χ4n) is 5.01. The summed E-state index contributed by atoms with van der Waals surface area (Å²) < 4.78 is 8.77. The molecule has 0 aliphatic heterocycles. The first kappa shape index (κ1) is 21.7. The van der Waals surface area contributed by atoms with E-state index < -0.39 is 0 Å². The molecular weight excluding hydrogens is 454 g/mol. The lowest BCUT2D eigenvalue weighted by atomic mass is 10.1.